The van der Waals surface area contributed by atoms with Gasteiger partial charge in [0.05, 0.1) is 11.2 Å². The van der Waals surface area contributed by atoms with E-state index in [1.165, 1.54) is 6.08 Å². The normalized spacial score (nSPS) is 16.2. The molecule has 0 radical (unpaired) electrons. The summed E-state index contributed by atoms with van der Waals surface area (Å²) in [5, 5.41) is 12.6. The van der Waals surface area contributed by atoms with E-state index in [0.717, 1.165) is 35.7 Å². The third-order valence-electron chi connectivity index (χ3n) is 4.54. The summed E-state index contributed by atoms with van der Waals surface area (Å²) in [5.41, 5.74) is 1.34. The van der Waals surface area contributed by atoms with Gasteiger partial charge in [-0.2, -0.15) is 5.26 Å². The van der Waals surface area contributed by atoms with Crippen LogP contribution in [0.4, 0.5) is 0 Å². The van der Waals surface area contributed by atoms with Crippen LogP contribution >= 0.6 is 15.9 Å². The van der Waals surface area contributed by atoms with Crippen LogP contribution in [0.3, 0.4) is 0 Å². The fourth-order valence-corrected chi connectivity index (χ4v) is 3.66. The molecule has 3 rings (SSSR count). The summed E-state index contributed by atoms with van der Waals surface area (Å²) in [7, 11) is 0. The molecule has 1 aromatic heterocycles. The highest BCUT2D eigenvalue weighted by atomic mass is 79.9. The maximum Gasteiger partial charge on any atom is 0.262 e. The van der Waals surface area contributed by atoms with E-state index in [1.54, 1.807) is 18.3 Å². The standard InChI is InChI=1S/C20H18BrN3O/c21-17-8-11-23-18(13-17)12-15(14-22)19(25)24-20(9-4-5-10-20)16-6-2-1-3-7-16/h1-3,6-8,11-13H,4-5,9-10H2,(H,24,25). The molecule has 0 saturated heterocycles. The number of benzene rings is 1. The van der Waals surface area contributed by atoms with Crippen molar-refractivity contribution in [2.24, 2.45) is 0 Å². The van der Waals surface area contributed by atoms with Gasteiger partial charge in [0.15, 0.2) is 0 Å². The number of halogens is 1. The molecule has 1 fully saturated rings. The summed E-state index contributed by atoms with van der Waals surface area (Å²) in [6.45, 7) is 0. The fourth-order valence-electron chi connectivity index (χ4n) is 3.30. The first-order chi connectivity index (χ1) is 12.1. The van der Waals surface area contributed by atoms with Crippen LogP contribution in [0.25, 0.3) is 6.08 Å². The lowest BCUT2D eigenvalue weighted by molar-refractivity contribution is -0.119. The molecule has 126 valence electrons. The minimum Gasteiger partial charge on any atom is -0.342 e. The second-order valence-electron chi connectivity index (χ2n) is 6.18. The summed E-state index contributed by atoms with van der Waals surface area (Å²) < 4.78 is 0.850. The first-order valence-electron chi connectivity index (χ1n) is 8.24. The largest absolute Gasteiger partial charge is 0.342 e. The van der Waals surface area contributed by atoms with Gasteiger partial charge in [-0.15, -0.1) is 0 Å². The topological polar surface area (TPSA) is 65.8 Å². The highest BCUT2D eigenvalue weighted by Gasteiger charge is 2.37. The monoisotopic (exact) mass is 395 g/mol. The van der Waals surface area contributed by atoms with E-state index in [-0.39, 0.29) is 17.0 Å². The minimum atomic E-state index is -0.390. The number of amides is 1. The van der Waals surface area contributed by atoms with Crippen LogP contribution < -0.4 is 5.32 Å². The Kier molecular flexibility index (Phi) is 5.30. The van der Waals surface area contributed by atoms with Crippen LogP contribution in [-0.2, 0) is 10.3 Å². The van der Waals surface area contributed by atoms with Crippen molar-refractivity contribution in [2.75, 3.05) is 0 Å². The number of nitrogens with zero attached hydrogens (tertiary/aromatic N) is 2. The molecule has 2 aromatic rings. The van der Waals surface area contributed by atoms with Crippen LogP contribution in [0.15, 0.2) is 58.7 Å². The van der Waals surface area contributed by atoms with Gasteiger partial charge >= 0.3 is 0 Å². The summed E-state index contributed by atoms with van der Waals surface area (Å²) in [4.78, 5) is 16.9. The lowest BCUT2D eigenvalue weighted by atomic mass is 9.88. The lowest BCUT2D eigenvalue weighted by Gasteiger charge is -2.31. The molecule has 25 heavy (non-hydrogen) atoms. The van der Waals surface area contributed by atoms with Crippen molar-refractivity contribution in [1.29, 1.82) is 5.26 Å². The van der Waals surface area contributed by atoms with Crippen LogP contribution in [0.1, 0.15) is 36.9 Å². The molecule has 5 heteroatoms. The van der Waals surface area contributed by atoms with Crippen molar-refractivity contribution in [3.8, 4) is 6.07 Å². The molecule has 1 heterocycles. The SMILES string of the molecule is N#CC(=Cc1cc(Br)ccn1)C(=O)NC1(c2ccccc2)CCCC1. The van der Waals surface area contributed by atoms with E-state index in [1.807, 2.05) is 36.4 Å². The van der Waals surface area contributed by atoms with Gasteiger partial charge in [-0.25, -0.2) is 0 Å². The Hall–Kier alpha value is -2.45. The summed E-state index contributed by atoms with van der Waals surface area (Å²) >= 11 is 3.37. The number of carbonyl (C=O) groups excluding carboxylic acids is 1. The number of rotatable bonds is 4. The molecule has 1 saturated carbocycles. The van der Waals surface area contributed by atoms with Crippen LogP contribution in [0, 0.1) is 11.3 Å². The molecular formula is C20H18BrN3O. The van der Waals surface area contributed by atoms with Gasteiger partial charge in [0, 0.05) is 10.7 Å². The molecule has 0 spiro atoms. The zero-order valence-electron chi connectivity index (χ0n) is 13.7. The zero-order chi connectivity index (χ0) is 17.7. The Labute approximate surface area is 155 Å². The van der Waals surface area contributed by atoms with Gasteiger partial charge < -0.3 is 5.32 Å². The third kappa shape index (κ3) is 3.97. The van der Waals surface area contributed by atoms with Gasteiger partial charge in [0.1, 0.15) is 11.6 Å². The summed E-state index contributed by atoms with van der Waals surface area (Å²) in [6.07, 6.45) is 7.05. The zero-order valence-corrected chi connectivity index (χ0v) is 15.3. The van der Waals surface area contributed by atoms with E-state index < -0.39 is 0 Å². The second-order valence-corrected chi connectivity index (χ2v) is 7.09. The molecule has 0 aliphatic heterocycles. The Balaban J connectivity index is 1.87. The van der Waals surface area contributed by atoms with E-state index in [9.17, 15) is 10.1 Å². The minimum absolute atomic E-state index is 0.0628. The van der Waals surface area contributed by atoms with Crippen LogP contribution in [0.5, 0.6) is 0 Å². The van der Waals surface area contributed by atoms with E-state index in [4.69, 9.17) is 0 Å². The number of hydrogen-bond acceptors (Lipinski definition) is 3. The Morgan fingerprint density at radius 2 is 1.96 bits per heavy atom. The molecule has 1 N–H and O–H groups in total. The number of nitriles is 1. The molecule has 1 amide bonds. The van der Waals surface area contributed by atoms with Crippen molar-refractivity contribution in [3.05, 3.63) is 70.0 Å². The Morgan fingerprint density at radius 1 is 1.24 bits per heavy atom. The maximum atomic E-state index is 12.8. The molecule has 0 unspecified atom stereocenters. The molecule has 0 atom stereocenters. The van der Waals surface area contributed by atoms with Crippen molar-refractivity contribution < 1.29 is 4.79 Å². The summed E-state index contributed by atoms with van der Waals surface area (Å²) in [5.74, 6) is -0.352. The van der Waals surface area contributed by atoms with Gasteiger partial charge in [-0.1, -0.05) is 59.1 Å². The summed E-state index contributed by atoms with van der Waals surface area (Å²) in [6, 6.07) is 15.6. The van der Waals surface area contributed by atoms with Crippen molar-refractivity contribution in [3.63, 3.8) is 0 Å². The first-order valence-corrected chi connectivity index (χ1v) is 9.04. The number of aromatic nitrogens is 1. The first kappa shape index (κ1) is 17.4. The maximum absolute atomic E-state index is 12.8. The average molecular weight is 396 g/mol. The molecule has 1 aromatic carbocycles. The highest BCUT2D eigenvalue weighted by Crippen LogP contribution is 2.38. The predicted molar refractivity (Wildman–Crippen MR) is 100 cm³/mol. The smallest absolute Gasteiger partial charge is 0.262 e. The number of hydrogen-bond donors (Lipinski definition) is 1. The molecular weight excluding hydrogens is 378 g/mol. The predicted octanol–water partition coefficient (Wildman–Crippen LogP) is 4.34. The van der Waals surface area contributed by atoms with Gasteiger partial charge in [0.25, 0.3) is 5.91 Å². The molecule has 4 nitrogen and oxygen atoms in total. The van der Waals surface area contributed by atoms with Crippen molar-refractivity contribution >= 4 is 27.9 Å². The average Bonchev–Trinajstić information content (AvgIpc) is 3.10. The van der Waals surface area contributed by atoms with Crippen LogP contribution in [-0.4, -0.2) is 10.9 Å². The Morgan fingerprint density at radius 3 is 2.60 bits per heavy atom. The number of nitrogens with one attached hydrogen (secondary N) is 1. The highest BCUT2D eigenvalue weighted by molar-refractivity contribution is 9.10. The van der Waals surface area contributed by atoms with Gasteiger partial charge in [-0.05, 0) is 36.6 Å². The van der Waals surface area contributed by atoms with E-state index >= 15 is 0 Å². The lowest BCUT2D eigenvalue weighted by Crippen LogP contribution is -2.44. The molecule has 1 aliphatic rings. The van der Waals surface area contributed by atoms with Crippen LogP contribution in [0.2, 0.25) is 0 Å². The van der Waals surface area contributed by atoms with Gasteiger partial charge in [0.2, 0.25) is 0 Å². The van der Waals surface area contributed by atoms with E-state index in [2.05, 4.69) is 26.2 Å². The third-order valence-corrected chi connectivity index (χ3v) is 5.03. The van der Waals surface area contributed by atoms with Crippen molar-refractivity contribution in [1.82, 2.24) is 10.3 Å². The van der Waals surface area contributed by atoms with Gasteiger partial charge in [-0.3, -0.25) is 9.78 Å². The Bertz CT molecular complexity index is 834. The fraction of sp³-hybridized carbons (Fsp3) is 0.250. The molecule has 1 aliphatic carbocycles. The second kappa shape index (κ2) is 7.62. The quantitative estimate of drug-likeness (QED) is 0.618. The number of pyridine rings is 1. The van der Waals surface area contributed by atoms with E-state index in [0.29, 0.717) is 5.69 Å². The van der Waals surface area contributed by atoms with Crippen molar-refractivity contribution in [2.45, 2.75) is 31.2 Å². The molecule has 0 bridgehead atoms. The number of carbonyl (C=O) groups is 1.